The molecule has 1 aromatic carbocycles. The lowest BCUT2D eigenvalue weighted by Crippen LogP contribution is -2.43. The molecular weight excluding hydrogens is 250 g/mol. The third kappa shape index (κ3) is 3.80. The summed E-state index contributed by atoms with van der Waals surface area (Å²) in [5, 5.41) is 0. The van der Waals surface area contributed by atoms with Crippen molar-refractivity contribution in [1.82, 2.24) is 0 Å². The number of nitrogens with two attached hydrogens (primary N) is 1. The molecule has 0 aromatic heterocycles. The van der Waals surface area contributed by atoms with E-state index in [1.54, 1.807) is 6.07 Å². The average molecular weight is 270 g/mol. The maximum absolute atomic E-state index is 13.4. The second-order valence-electron chi connectivity index (χ2n) is 4.85. The monoisotopic (exact) mass is 270 g/mol. The van der Waals surface area contributed by atoms with E-state index in [1.807, 2.05) is 4.90 Å². The number of halogens is 2. The van der Waals surface area contributed by atoms with Crippen LogP contribution in [0.2, 0.25) is 0 Å². The summed E-state index contributed by atoms with van der Waals surface area (Å²) >= 11 is 0. The normalized spacial score (nSPS) is 19.5. The molecule has 1 aliphatic heterocycles. The van der Waals surface area contributed by atoms with Crippen LogP contribution < -0.4 is 15.4 Å². The van der Waals surface area contributed by atoms with Gasteiger partial charge in [-0.2, -0.15) is 0 Å². The van der Waals surface area contributed by atoms with Gasteiger partial charge in [-0.05, 0) is 25.0 Å². The van der Waals surface area contributed by atoms with E-state index in [4.69, 9.17) is 10.5 Å². The maximum Gasteiger partial charge on any atom is 0.142 e. The van der Waals surface area contributed by atoms with Crippen molar-refractivity contribution in [3.63, 3.8) is 0 Å². The van der Waals surface area contributed by atoms with Crippen molar-refractivity contribution in [2.24, 2.45) is 5.73 Å². The van der Waals surface area contributed by atoms with Crippen LogP contribution in [-0.2, 0) is 0 Å². The van der Waals surface area contributed by atoms with Crippen LogP contribution in [0, 0.1) is 5.82 Å². The van der Waals surface area contributed by atoms with Gasteiger partial charge in [0.1, 0.15) is 11.6 Å². The summed E-state index contributed by atoms with van der Waals surface area (Å²) in [7, 11) is 0. The molecule has 106 valence electrons. The molecule has 1 heterocycles. The van der Waals surface area contributed by atoms with E-state index in [1.165, 1.54) is 12.1 Å². The Labute approximate surface area is 112 Å². The Morgan fingerprint density at radius 2 is 2.26 bits per heavy atom. The summed E-state index contributed by atoms with van der Waals surface area (Å²) in [6.07, 6.45) is 2.32. The van der Waals surface area contributed by atoms with E-state index in [2.05, 4.69) is 0 Å². The minimum Gasteiger partial charge on any atom is -0.491 e. The molecule has 5 heteroatoms. The number of hydrogen-bond acceptors (Lipinski definition) is 3. The smallest absolute Gasteiger partial charge is 0.142 e. The van der Waals surface area contributed by atoms with Gasteiger partial charge < -0.3 is 15.4 Å². The summed E-state index contributed by atoms with van der Waals surface area (Å²) in [6.45, 7) is 1.43. The Hall–Kier alpha value is -1.36. The van der Waals surface area contributed by atoms with Gasteiger partial charge in [-0.25, -0.2) is 4.39 Å². The van der Waals surface area contributed by atoms with E-state index < -0.39 is 6.67 Å². The van der Waals surface area contributed by atoms with E-state index in [0.717, 1.165) is 19.4 Å². The number of hydrogen-bond donors (Lipinski definition) is 1. The molecule has 1 aromatic rings. The first kappa shape index (κ1) is 14.1. The second-order valence-corrected chi connectivity index (χ2v) is 4.85. The number of alkyl halides is 1. The number of nitrogens with zero attached hydrogens (tertiary/aromatic N) is 1. The zero-order valence-electron chi connectivity index (χ0n) is 10.9. The zero-order valence-corrected chi connectivity index (χ0v) is 10.9. The third-order valence-corrected chi connectivity index (χ3v) is 3.26. The summed E-state index contributed by atoms with van der Waals surface area (Å²) < 4.78 is 31.0. The first-order valence-electron chi connectivity index (χ1n) is 6.69. The second kappa shape index (κ2) is 6.70. The Morgan fingerprint density at radius 3 is 3.00 bits per heavy atom. The molecule has 0 saturated carbocycles. The molecule has 1 unspecified atom stereocenters. The highest BCUT2D eigenvalue weighted by atomic mass is 19.1. The molecule has 0 amide bonds. The molecule has 1 fully saturated rings. The van der Waals surface area contributed by atoms with Gasteiger partial charge >= 0.3 is 0 Å². The molecular formula is C14H20F2N2O. The Balaban J connectivity index is 2.13. The Kier molecular flexibility index (Phi) is 4.96. The van der Waals surface area contributed by atoms with Gasteiger partial charge in [-0.1, -0.05) is 0 Å². The third-order valence-electron chi connectivity index (χ3n) is 3.26. The molecule has 3 nitrogen and oxygen atoms in total. The molecule has 2 N–H and O–H groups in total. The molecule has 0 bridgehead atoms. The van der Waals surface area contributed by atoms with Crippen molar-refractivity contribution in [3.8, 4) is 5.75 Å². The largest absolute Gasteiger partial charge is 0.491 e. The predicted molar refractivity (Wildman–Crippen MR) is 71.9 cm³/mol. The SMILES string of the molecule is NC1CCCN(c2cc(F)ccc2OCCCF)C1. The lowest BCUT2D eigenvalue weighted by atomic mass is 10.1. The van der Waals surface area contributed by atoms with Gasteiger partial charge in [0.05, 0.1) is 19.0 Å². The first-order valence-corrected chi connectivity index (χ1v) is 6.69. The van der Waals surface area contributed by atoms with E-state index >= 15 is 0 Å². The van der Waals surface area contributed by atoms with Crippen LogP contribution in [0.3, 0.4) is 0 Å². The minimum absolute atomic E-state index is 0.107. The van der Waals surface area contributed by atoms with Gasteiger partial charge in [-0.3, -0.25) is 4.39 Å². The molecule has 0 aliphatic carbocycles. The minimum atomic E-state index is -0.412. The van der Waals surface area contributed by atoms with Crippen LogP contribution in [0.5, 0.6) is 5.75 Å². The lowest BCUT2D eigenvalue weighted by molar-refractivity contribution is 0.289. The first-order chi connectivity index (χ1) is 9.20. The topological polar surface area (TPSA) is 38.5 Å². The lowest BCUT2D eigenvalue weighted by Gasteiger charge is -2.33. The molecule has 2 rings (SSSR count). The van der Waals surface area contributed by atoms with Crippen LogP contribution in [0.15, 0.2) is 18.2 Å². The van der Waals surface area contributed by atoms with Crippen molar-refractivity contribution in [3.05, 3.63) is 24.0 Å². The fourth-order valence-corrected chi connectivity index (χ4v) is 2.33. The average Bonchev–Trinajstić information content (AvgIpc) is 2.40. The van der Waals surface area contributed by atoms with Crippen LogP contribution in [0.1, 0.15) is 19.3 Å². The molecule has 0 radical (unpaired) electrons. The summed E-state index contributed by atoms with van der Waals surface area (Å²) in [5.74, 6) is 0.302. The van der Waals surface area contributed by atoms with Crippen molar-refractivity contribution < 1.29 is 13.5 Å². The molecule has 1 saturated heterocycles. The number of rotatable bonds is 5. The highest BCUT2D eigenvalue weighted by Gasteiger charge is 2.20. The number of piperidine rings is 1. The maximum atomic E-state index is 13.4. The summed E-state index contributed by atoms with van der Waals surface area (Å²) in [5.41, 5.74) is 6.66. The zero-order chi connectivity index (χ0) is 13.7. The van der Waals surface area contributed by atoms with Crippen molar-refractivity contribution in [2.45, 2.75) is 25.3 Å². The fraction of sp³-hybridized carbons (Fsp3) is 0.571. The van der Waals surface area contributed by atoms with E-state index in [0.29, 0.717) is 31.0 Å². The molecule has 0 spiro atoms. The van der Waals surface area contributed by atoms with Crippen molar-refractivity contribution in [2.75, 3.05) is 31.3 Å². The van der Waals surface area contributed by atoms with Gasteiger partial charge in [0.2, 0.25) is 0 Å². The highest BCUT2D eigenvalue weighted by molar-refractivity contribution is 5.59. The Bertz CT molecular complexity index is 414. The Morgan fingerprint density at radius 1 is 1.42 bits per heavy atom. The summed E-state index contributed by atoms with van der Waals surface area (Å²) in [4.78, 5) is 2.04. The highest BCUT2D eigenvalue weighted by Crippen LogP contribution is 2.31. The van der Waals surface area contributed by atoms with Crippen LogP contribution >= 0.6 is 0 Å². The van der Waals surface area contributed by atoms with Crippen LogP contribution in [-0.4, -0.2) is 32.4 Å². The van der Waals surface area contributed by atoms with Crippen LogP contribution in [0.25, 0.3) is 0 Å². The summed E-state index contributed by atoms with van der Waals surface area (Å²) in [6, 6.07) is 4.53. The predicted octanol–water partition coefficient (Wildman–Crippen LogP) is 2.49. The standard InChI is InChI=1S/C14H20F2N2O/c15-6-2-8-19-14-5-4-11(16)9-13(14)18-7-1-3-12(17)10-18/h4-5,9,12H,1-3,6-8,10,17H2. The number of ether oxygens (including phenoxy) is 1. The van der Waals surface area contributed by atoms with Gasteiger partial charge in [0.15, 0.2) is 0 Å². The van der Waals surface area contributed by atoms with Crippen LogP contribution in [0.4, 0.5) is 14.5 Å². The van der Waals surface area contributed by atoms with Gasteiger partial charge in [-0.15, -0.1) is 0 Å². The van der Waals surface area contributed by atoms with Gasteiger partial charge in [0.25, 0.3) is 0 Å². The van der Waals surface area contributed by atoms with E-state index in [-0.39, 0.29) is 11.9 Å². The van der Waals surface area contributed by atoms with Crippen molar-refractivity contribution in [1.29, 1.82) is 0 Å². The molecule has 1 atom stereocenters. The van der Waals surface area contributed by atoms with Crippen molar-refractivity contribution >= 4 is 5.69 Å². The van der Waals surface area contributed by atoms with Gasteiger partial charge in [0, 0.05) is 31.6 Å². The fourth-order valence-electron chi connectivity index (χ4n) is 2.33. The molecule has 1 aliphatic rings. The van der Waals surface area contributed by atoms with E-state index in [9.17, 15) is 8.78 Å². The number of anilines is 1. The molecule has 19 heavy (non-hydrogen) atoms. The number of benzene rings is 1. The quantitative estimate of drug-likeness (QED) is 0.835.